The molecular formula is C29H31N5O4. The number of likely N-dealkylation sites (N-methyl/N-ethyl adjacent to an activating group) is 1. The van der Waals surface area contributed by atoms with Crippen molar-refractivity contribution >= 4 is 23.5 Å². The van der Waals surface area contributed by atoms with Crippen LogP contribution in [-0.4, -0.2) is 59.7 Å². The molecular weight excluding hydrogens is 482 g/mol. The number of hydrogen-bond donors (Lipinski definition) is 4. The Hall–Kier alpha value is -4.60. The van der Waals surface area contributed by atoms with Gasteiger partial charge in [-0.25, -0.2) is 14.8 Å². The van der Waals surface area contributed by atoms with Gasteiger partial charge in [-0.1, -0.05) is 60.7 Å². The number of aromatic carboxylic acids is 1. The van der Waals surface area contributed by atoms with E-state index in [9.17, 15) is 14.7 Å². The topological polar surface area (TPSA) is 128 Å². The molecule has 3 aromatic carbocycles. The molecule has 1 heterocycles. The van der Waals surface area contributed by atoms with Crippen LogP contribution in [0.3, 0.4) is 0 Å². The monoisotopic (exact) mass is 513 g/mol. The molecule has 0 saturated carbocycles. The minimum Gasteiger partial charge on any atom is -0.478 e. The van der Waals surface area contributed by atoms with Gasteiger partial charge in [-0.3, -0.25) is 4.79 Å². The van der Waals surface area contributed by atoms with Crippen LogP contribution < -0.4 is 15.5 Å². The van der Waals surface area contributed by atoms with E-state index in [1.807, 2.05) is 74.8 Å². The summed E-state index contributed by atoms with van der Waals surface area (Å²) in [6.45, 7) is 0.468. The molecule has 1 aromatic heterocycles. The van der Waals surface area contributed by atoms with Crippen molar-refractivity contribution in [3.05, 3.63) is 108 Å². The maximum atomic E-state index is 12.0. The summed E-state index contributed by atoms with van der Waals surface area (Å²) in [5.74, 6) is -0.705. The van der Waals surface area contributed by atoms with E-state index in [0.717, 1.165) is 11.1 Å². The van der Waals surface area contributed by atoms with Gasteiger partial charge in [-0.2, -0.15) is 0 Å². The molecule has 4 N–H and O–H groups in total. The largest absolute Gasteiger partial charge is 0.478 e. The molecule has 0 spiro atoms. The van der Waals surface area contributed by atoms with Crippen molar-refractivity contribution in [3.63, 3.8) is 0 Å². The minimum absolute atomic E-state index is 0.104. The third kappa shape index (κ3) is 7.70. The number of carboxylic acid groups (broad SMARTS) is 1. The van der Waals surface area contributed by atoms with Gasteiger partial charge >= 0.3 is 5.97 Å². The number of anilines is 2. The number of aliphatic hydroxyl groups excluding tert-OH is 1. The first kappa shape index (κ1) is 28.0. The number of carbonyl (C=O) groups is 2. The highest BCUT2D eigenvalue weighted by molar-refractivity contribution is 6.04. The highest BCUT2D eigenvalue weighted by Gasteiger charge is 2.15. The van der Waals surface area contributed by atoms with Gasteiger partial charge in [0, 0.05) is 43.7 Å². The maximum Gasteiger partial charge on any atom is 0.339 e. The van der Waals surface area contributed by atoms with E-state index >= 15 is 0 Å². The Morgan fingerprint density at radius 3 is 2.21 bits per heavy atom. The molecule has 9 nitrogen and oxygen atoms in total. The molecule has 0 saturated heterocycles. The average molecular weight is 514 g/mol. The van der Waals surface area contributed by atoms with Crippen molar-refractivity contribution < 1.29 is 19.8 Å². The quantitative estimate of drug-likeness (QED) is 0.277. The number of nitrogens with one attached hydrogen (secondary N) is 2. The lowest BCUT2D eigenvalue weighted by Crippen LogP contribution is -2.17. The molecule has 9 heteroatoms. The lowest BCUT2D eigenvalue weighted by molar-refractivity contribution is 0.0696. The van der Waals surface area contributed by atoms with Crippen LogP contribution in [0.2, 0.25) is 0 Å². The zero-order valence-corrected chi connectivity index (χ0v) is 21.5. The first-order chi connectivity index (χ1) is 18.3. The van der Waals surface area contributed by atoms with E-state index in [0.29, 0.717) is 29.4 Å². The van der Waals surface area contributed by atoms with E-state index in [2.05, 4.69) is 20.6 Å². The summed E-state index contributed by atoms with van der Waals surface area (Å²) in [5.41, 5.74) is 3.35. The molecule has 1 amide bonds. The Morgan fingerprint density at radius 1 is 0.947 bits per heavy atom. The van der Waals surface area contributed by atoms with Gasteiger partial charge < -0.3 is 25.7 Å². The van der Waals surface area contributed by atoms with Crippen molar-refractivity contribution in [3.8, 4) is 11.3 Å². The van der Waals surface area contributed by atoms with Crippen molar-refractivity contribution in [2.45, 2.75) is 6.10 Å². The molecule has 4 rings (SSSR count). The van der Waals surface area contributed by atoms with E-state index in [-0.39, 0.29) is 11.5 Å². The summed E-state index contributed by atoms with van der Waals surface area (Å²) in [7, 11) is 5.40. The molecule has 4 aromatic rings. The lowest BCUT2D eigenvalue weighted by Gasteiger charge is -2.12. The Balaban J connectivity index is 0.000000212. The second-order valence-corrected chi connectivity index (χ2v) is 8.52. The zero-order valence-electron chi connectivity index (χ0n) is 21.5. The number of benzene rings is 3. The first-order valence-electron chi connectivity index (χ1n) is 11.9. The normalized spacial score (nSPS) is 11.1. The van der Waals surface area contributed by atoms with Gasteiger partial charge in [0.05, 0.1) is 11.8 Å². The van der Waals surface area contributed by atoms with Crippen molar-refractivity contribution in [2.24, 2.45) is 0 Å². The standard InChI is InChI=1S/C16H18N2O2.C13H13N3O2/c1-17-11-15(19)13-8-5-9-14(10-13)18-16(20)12-6-3-2-4-7-12;1-16(2)13-14-8-10(12(17)18)11(15-13)9-6-4-3-5-7-9/h2-10,15,17,19H,11H2,1H3,(H,18,20);3-8H,1-2H3,(H,17,18). The molecule has 0 aliphatic carbocycles. The first-order valence-corrected chi connectivity index (χ1v) is 11.9. The third-order valence-electron chi connectivity index (χ3n) is 5.42. The molecule has 0 fully saturated rings. The molecule has 38 heavy (non-hydrogen) atoms. The number of nitrogens with zero attached hydrogens (tertiary/aromatic N) is 3. The van der Waals surface area contributed by atoms with Crippen LogP contribution in [-0.2, 0) is 0 Å². The molecule has 1 unspecified atom stereocenters. The Labute approximate surface area is 221 Å². The van der Waals surface area contributed by atoms with Gasteiger partial charge in [0.15, 0.2) is 0 Å². The number of aliphatic hydroxyl groups is 1. The van der Waals surface area contributed by atoms with Crippen molar-refractivity contribution in [2.75, 3.05) is 37.9 Å². The fourth-order valence-electron chi connectivity index (χ4n) is 3.49. The van der Waals surface area contributed by atoms with E-state index in [1.54, 1.807) is 36.2 Å². The second-order valence-electron chi connectivity index (χ2n) is 8.52. The van der Waals surface area contributed by atoms with Crippen molar-refractivity contribution in [1.29, 1.82) is 0 Å². The predicted octanol–water partition coefficient (Wildman–Crippen LogP) is 4.10. The smallest absolute Gasteiger partial charge is 0.339 e. The number of amides is 1. The summed E-state index contributed by atoms with van der Waals surface area (Å²) in [6.07, 6.45) is 0.751. The molecule has 0 radical (unpaired) electrons. The van der Waals surface area contributed by atoms with Crippen LogP contribution >= 0.6 is 0 Å². The van der Waals surface area contributed by atoms with Gasteiger partial charge in [0.2, 0.25) is 5.95 Å². The van der Waals surface area contributed by atoms with E-state index in [1.165, 1.54) is 6.20 Å². The minimum atomic E-state index is -1.03. The highest BCUT2D eigenvalue weighted by atomic mass is 16.4. The fraction of sp³-hybridized carbons (Fsp3) is 0.172. The Morgan fingerprint density at radius 2 is 1.61 bits per heavy atom. The molecule has 0 aliphatic heterocycles. The summed E-state index contributed by atoms with van der Waals surface area (Å²) >= 11 is 0. The molecule has 0 aliphatic rings. The van der Waals surface area contributed by atoms with Crippen LogP contribution in [0.1, 0.15) is 32.4 Å². The number of aromatic nitrogens is 2. The van der Waals surface area contributed by atoms with Crippen molar-refractivity contribution in [1.82, 2.24) is 15.3 Å². The number of carbonyl (C=O) groups excluding carboxylic acids is 1. The summed E-state index contributed by atoms with van der Waals surface area (Å²) < 4.78 is 0. The van der Waals surface area contributed by atoms with Gasteiger partial charge in [-0.05, 0) is 36.9 Å². The summed E-state index contributed by atoms with van der Waals surface area (Å²) in [5, 5.41) is 24.8. The third-order valence-corrected chi connectivity index (χ3v) is 5.42. The van der Waals surface area contributed by atoms with Crippen LogP contribution in [0.4, 0.5) is 11.6 Å². The van der Waals surface area contributed by atoms with E-state index < -0.39 is 12.1 Å². The Bertz CT molecular complexity index is 1350. The predicted molar refractivity (Wildman–Crippen MR) is 148 cm³/mol. The highest BCUT2D eigenvalue weighted by Crippen LogP contribution is 2.23. The number of hydrogen-bond acceptors (Lipinski definition) is 7. The molecule has 196 valence electrons. The molecule has 1 atom stereocenters. The number of rotatable bonds is 8. The second kappa shape index (κ2) is 13.6. The van der Waals surface area contributed by atoms with Crippen LogP contribution in [0.25, 0.3) is 11.3 Å². The SMILES string of the molecule is CN(C)c1ncc(C(=O)O)c(-c2ccccc2)n1.CNCC(O)c1cccc(NC(=O)c2ccccc2)c1. The maximum absolute atomic E-state index is 12.0. The van der Waals surface area contributed by atoms with Gasteiger partial charge in [0.1, 0.15) is 5.56 Å². The lowest BCUT2D eigenvalue weighted by atomic mass is 10.1. The Kier molecular flexibility index (Phi) is 10.0. The molecule has 0 bridgehead atoms. The summed E-state index contributed by atoms with van der Waals surface area (Å²) in [6, 6.07) is 25.5. The van der Waals surface area contributed by atoms with Crippen LogP contribution in [0.15, 0.2) is 91.1 Å². The van der Waals surface area contributed by atoms with Gasteiger partial charge in [-0.15, -0.1) is 0 Å². The number of carboxylic acids is 1. The fourth-order valence-corrected chi connectivity index (χ4v) is 3.49. The summed E-state index contributed by atoms with van der Waals surface area (Å²) in [4.78, 5) is 33.3. The van der Waals surface area contributed by atoms with Gasteiger partial charge in [0.25, 0.3) is 5.91 Å². The van der Waals surface area contributed by atoms with Crippen LogP contribution in [0.5, 0.6) is 0 Å². The zero-order chi connectivity index (χ0) is 27.5. The van der Waals surface area contributed by atoms with Crippen LogP contribution in [0, 0.1) is 0 Å². The van der Waals surface area contributed by atoms with E-state index in [4.69, 9.17) is 5.11 Å². The average Bonchev–Trinajstić information content (AvgIpc) is 2.94.